The molecule has 1 saturated carbocycles. The fourth-order valence-electron chi connectivity index (χ4n) is 3.61. The van der Waals surface area contributed by atoms with E-state index in [9.17, 15) is 0 Å². The van der Waals surface area contributed by atoms with Gasteiger partial charge in [0, 0.05) is 55.5 Å². The van der Waals surface area contributed by atoms with Crippen molar-refractivity contribution in [2.24, 2.45) is 4.99 Å². The van der Waals surface area contributed by atoms with Gasteiger partial charge < -0.3 is 15.5 Å². The summed E-state index contributed by atoms with van der Waals surface area (Å²) in [4.78, 5) is 7.02. The van der Waals surface area contributed by atoms with Crippen LogP contribution in [-0.4, -0.2) is 52.9 Å². The third kappa shape index (κ3) is 4.82. The third-order valence-electron chi connectivity index (χ3n) is 5.34. The summed E-state index contributed by atoms with van der Waals surface area (Å²) >= 11 is 5.95. The summed E-state index contributed by atoms with van der Waals surface area (Å²) in [6.45, 7) is 3.09. The molecule has 0 unspecified atom stereocenters. The van der Waals surface area contributed by atoms with Crippen molar-refractivity contribution in [2.45, 2.75) is 44.3 Å². The van der Waals surface area contributed by atoms with Gasteiger partial charge in [0.05, 0.1) is 11.9 Å². The Bertz CT molecular complexity index is 772. The molecule has 27 heavy (non-hydrogen) atoms. The number of rotatable bonds is 5. The van der Waals surface area contributed by atoms with Gasteiger partial charge in [-0.15, -0.1) is 0 Å². The molecule has 1 saturated heterocycles. The van der Waals surface area contributed by atoms with Gasteiger partial charge in [0.15, 0.2) is 5.96 Å². The van der Waals surface area contributed by atoms with Crippen LogP contribution in [0, 0.1) is 0 Å². The molecule has 0 bridgehead atoms. The number of halogens is 1. The van der Waals surface area contributed by atoms with Crippen LogP contribution in [0.15, 0.2) is 41.7 Å². The molecule has 1 aromatic carbocycles. The molecule has 1 aliphatic heterocycles. The Kier molecular flexibility index (Phi) is 5.64. The molecule has 1 aliphatic carbocycles. The van der Waals surface area contributed by atoms with E-state index < -0.39 is 0 Å². The van der Waals surface area contributed by atoms with Gasteiger partial charge in [0.1, 0.15) is 0 Å². The Morgan fingerprint density at radius 2 is 1.93 bits per heavy atom. The van der Waals surface area contributed by atoms with E-state index in [0.29, 0.717) is 12.6 Å². The maximum absolute atomic E-state index is 5.95. The summed E-state index contributed by atoms with van der Waals surface area (Å²) in [5.74, 6) is 0.860. The predicted molar refractivity (Wildman–Crippen MR) is 110 cm³/mol. The second-order valence-electron chi connectivity index (χ2n) is 7.38. The smallest absolute Gasteiger partial charge is 0.191 e. The molecule has 6 nitrogen and oxygen atoms in total. The molecule has 2 aromatic rings. The van der Waals surface area contributed by atoms with Crippen molar-refractivity contribution in [2.75, 3.05) is 20.1 Å². The monoisotopic (exact) mass is 386 g/mol. The van der Waals surface area contributed by atoms with Crippen LogP contribution in [0.2, 0.25) is 5.02 Å². The van der Waals surface area contributed by atoms with Crippen LogP contribution in [-0.2, 0) is 6.54 Å². The Morgan fingerprint density at radius 1 is 1.19 bits per heavy atom. The minimum Gasteiger partial charge on any atom is -0.354 e. The summed E-state index contributed by atoms with van der Waals surface area (Å²) in [7, 11) is 1.83. The fraction of sp³-hybridized carbons (Fsp3) is 0.500. The van der Waals surface area contributed by atoms with Gasteiger partial charge in [-0.25, -0.2) is 4.68 Å². The quantitative estimate of drug-likeness (QED) is 0.612. The van der Waals surface area contributed by atoms with E-state index in [2.05, 4.69) is 25.6 Å². The van der Waals surface area contributed by atoms with E-state index in [0.717, 1.165) is 28.3 Å². The number of hydrogen-bond acceptors (Lipinski definition) is 3. The highest BCUT2D eigenvalue weighted by atomic mass is 35.5. The molecule has 0 amide bonds. The number of piperidine rings is 1. The minimum atomic E-state index is 0.503. The van der Waals surface area contributed by atoms with Crippen LogP contribution in [0.4, 0.5) is 0 Å². The van der Waals surface area contributed by atoms with Crippen LogP contribution in [0.3, 0.4) is 0 Å². The zero-order chi connectivity index (χ0) is 18.6. The number of guanidine groups is 1. The van der Waals surface area contributed by atoms with Crippen molar-refractivity contribution in [1.29, 1.82) is 0 Å². The van der Waals surface area contributed by atoms with Gasteiger partial charge in [-0.1, -0.05) is 11.6 Å². The molecule has 4 rings (SSSR count). The number of aromatic nitrogens is 2. The number of nitrogens with one attached hydrogen (secondary N) is 2. The molecule has 2 aliphatic rings. The summed E-state index contributed by atoms with van der Waals surface area (Å²) in [6, 6.07) is 9.04. The fourth-order valence-corrected chi connectivity index (χ4v) is 3.73. The predicted octanol–water partition coefficient (Wildman–Crippen LogP) is 2.82. The van der Waals surface area contributed by atoms with Crippen LogP contribution < -0.4 is 10.6 Å². The maximum atomic E-state index is 5.95. The summed E-state index contributed by atoms with van der Waals surface area (Å²) in [5.41, 5.74) is 2.10. The van der Waals surface area contributed by atoms with Gasteiger partial charge in [0.25, 0.3) is 0 Å². The van der Waals surface area contributed by atoms with E-state index >= 15 is 0 Å². The lowest BCUT2D eigenvalue weighted by Gasteiger charge is -2.33. The van der Waals surface area contributed by atoms with Crippen LogP contribution in [0.1, 0.15) is 31.2 Å². The van der Waals surface area contributed by atoms with Crippen LogP contribution >= 0.6 is 11.6 Å². The van der Waals surface area contributed by atoms with E-state index in [1.54, 1.807) is 0 Å². The summed E-state index contributed by atoms with van der Waals surface area (Å²) in [6.07, 6.45) is 9.06. The molecule has 2 N–H and O–H groups in total. The number of benzene rings is 1. The van der Waals surface area contributed by atoms with E-state index in [1.165, 1.54) is 38.8 Å². The Hall–Kier alpha value is -2.05. The molecule has 2 fully saturated rings. The van der Waals surface area contributed by atoms with Crippen molar-refractivity contribution >= 4 is 17.6 Å². The van der Waals surface area contributed by atoms with Crippen molar-refractivity contribution < 1.29 is 0 Å². The number of nitrogens with zero attached hydrogens (tertiary/aromatic N) is 4. The Morgan fingerprint density at radius 3 is 2.59 bits per heavy atom. The van der Waals surface area contributed by atoms with Crippen LogP contribution in [0.5, 0.6) is 0 Å². The molecule has 7 heteroatoms. The maximum Gasteiger partial charge on any atom is 0.191 e. The lowest BCUT2D eigenvalue weighted by molar-refractivity contribution is 0.197. The Balaban J connectivity index is 1.26. The zero-order valence-electron chi connectivity index (χ0n) is 15.7. The van der Waals surface area contributed by atoms with Gasteiger partial charge in [0.2, 0.25) is 0 Å². The first-order chi connectivity index (χ1) is 13.2. The average molecular weight is 387 g/mol. The largest absolute Gasteiger partial charge is 0.354 e. The first kappa shape index (κ1) is 18.3. The van der Waals surface area contributed by atoms with E-state index in [-0.39, 0.29) is 0 Å². The van der Waals surface area contributed by atoms with Gasteiger partial charge >= 0.3 is 0 Å². The number of hydrogen-bond donors (Lipinski definition) is 2. The van der Waals surface area contributed by atoms with Gasteiger partial charge in [-0.2, -0.15) is 5.10 Å². The van der Waals surface area contributed by atoms with Gasteiger partial charge in [-0.3, -0.25) is 4.99 Å². The highest BCUT2D eigenvalue weighted by Gasteiger charge is 2.31. The Labute approximate surface area is 165 Å². The third-order valence-corrected chi connectivity index (χ3v) is 5.60. The molecule has 144 valence electrons. The minimum absolute atomic E-state index is 0.503. The second kappa shape index (κ2) is 8.31. The van der Waals surface area contributed by atoms with E-state index in [1.807, 2.05) is 48.4 Å². The van der Waals surface area contributed by atoms with Crippen molar-refractivity contribution in [3.63, 3.8) is 0 Å². The first-order valence-electron chi connectivity index (χ1n) is 9.72. The number of likely N-dealkylation sites (tertiary alicyclic amines) is 1. The summed E-state index contributed by atoms with van der Waals surface area (Å²) < 4.78 is 1.86. The van der Waals surface area contributed by atoms with Crippen molar-refractivity contribution in [3.05, 3.63) is 47.2 Å². The highest BCUT2D eigenvalue weighted by molar-refractivity contribution is 6.30. The van der Waals surface area contributed by atoms with Gasteiger partial charge in [-0.05, 0) is 49.9 Å². The molecule has 0 radical (unpaired) electrons. The molecular formula is C20H27ClN6. The lowest BCUT2D eigenvalue weighted by Crippen LogP contribution is -2.48. The van der Waals surface area contributed by atoms with E-state index in [4.69, 9.17) is 11.6 Å². The van der Waals surface area contributed by atoms with Crippen LogP contribution in [0.25, 0.3) is 5.69 Å². The van der Waals surface area contributed by atoms with Crippen molar-refractivity contribution in [3.8, 4) is 5.69 Å². The first-order valence-corrected chi connectivity index (χ1v) is 10.1. The normalized spacial score (nSPS) is 19.3. The molecular weight excluding hydrogens is 360 g/mol. The average Bonchev–Trinajstić information content (AvgIpc) is 3.44. The zero-order valence-corrected chi connectivity index (χ0v) is 16.5. The van der Waals surface area contributed by atoms with Crippen molar-refractivity contribution in [1.82, 2.24) is 25.3 Å². The standard InChI is InChI=1S/C20H27ClN6/c1-22-20(25-17-8-10-26(11-9-17)18-6-7-18)23-12-15-13-24-27(14-15)19-4-2-16(21)3-5-19/h2-5,13-14,17-18H,6-12H2,1H3,(H2,22,23,25). The molecule has 0 atom stereocenters. The lowest BCUT2D eigenvalue weighted by atomic mass is 10.1. The topological polar surface area (TPSA) is 57.5 Å². The second-order valence-corrected chi connectivity index (χ2v) is 7.82. The highest BCUT2D eigenvalue weighted by Crippen LogP contribution is 2.29. The number of aliphatic imine (C=N–C) groups is 1. The molecule has 1 aromatic heterocycles. The summed E-state index contributed by atoms with van der Waals surface area (Å²) in [5, 5.41) is 12.1. The molecule has 2 heterocycles. The molecule has 0 spiro atoms. The SMILES string of the molecule is CN=C(NCc1cnn(-c2ccc(Cl)cc2)c1)NC1CCN(C2CC2)CC1.